The number of hydrogen-bond donors (Lipinski definition) is 0. The normalized spacial score (nSPS) is 10.6. The van der Waals surface area contributed by atoms with Crippen LogP contribution in [0.15, 0.2) is 0 Å². The average molecular weight is 243 g/mol. The molecule has 0 aliphatic rings. The lowest BCUT2D eigenvalue weighted by Crippen LogP contribution is -1.93. The summed E-state index contributed by atoms with van der Waals surface area (Å²) in [6, 6.07) is 0. The smallest absolute Gasteiger partial charge is 0.171 e. The van der Waals surface area contributed by atoms with E-state index < -0.39 is 0 Å². The minimum Gasteiger partial charge on any atom is -0.294 e. The number of nitrogens with zero attached hydrogens (tertiary/aromatic N) is 1. The molecule has 1 rings (SSSR count). The van der Waals surface area contributed by atoms with Gasteiger partial charge in [0.2, 0.25) is 0 Å². The highest BCUT2D eigenvalue weighted by Crippen LogP contribution is 2.23. The highest BCUT2D eigenvalue weighted by atomic mass is 32.2. The molecule has 0 bridgehead atoms. The predicted octanol–water partition coefficient (Wildman–Crippen LogP) is 3.55. The molecule has 0 amide bonds. The second kappa shape index (κ2) is 6.28. The van der Waals surface area contributed by atoms with Gasteiger partial charge in [0.05, 0.1) is 10.6 Å². The lowest BCUT2D eigenvalue weighted by atomic mass is 10.2. The minimum atomic E-state index is 0.149. The van der Waals surface area contributed by atoms with Gasteiger partial charge in [-0.3, -0.25) is 4.79 Å². The molecule has 0 saturated carbocycles. The highest BCUT2D eigenvalue weighted by Gasteiger charge is 2.12. The summed E-state index contributed by atoms with van der Waals surface area (Å²) in [5.41, 5.74) is 0.972. The lowest BCUT2D eigenvalue weighted by Gasteiger charge is -1.93. The number of hydrogen-bond acceptors (Lipinski definition) is 4. The van der Waals surface area contributed by atoms with E-state index in [2.05, 4.69) is 11.9 Å². The molecule has 0 fully saturated rings. The number of rotatable bonds is 6. The third-order valence-electron chi connectivity index (χ3n) is 1.97. The lowest BCUT2D eigenvalue weighted by molar-refractivity contribution is 0.102. The van der Waals surface area contributed by atoms with Crippen molar-refractivity contribution in [3.05, 3.63) is 15.6 Å². The molecule has 4 heteroatoms. The zero-order valence-corrected chi connectivity index (χ0v) is 11.1. The number of carbonyl (C=O) groups excluding carboxylic acids is 1. The van der Waals surface area contributed by atoms with E-state index in [0.29, 0.717) is 0 Å². The van der Waals surface area contributed by atoms with E-state index in [1.807, 2.05) is 18.7 Å². The first-order valence-corrected chi connectivity index (χ1v) is 7.23. The molecule has 1 aromatic rings. The van der Waals surface area contributed by atoms with E-state index in [1.165, 1.54) is 6.42 Å². The van der Waals surface area contributed by atoms with E-state index in [0.717, 1.165) is 33.5 Å². The van der Waals surface area contributed by atoms with Crippen molar-refractivity contribution >= 4 is 28.9 Å². The number of carbonyl (C=O) groups is 1. The van der Waals surface area contributed by atoms with Crippen molar-refractivity contribution in [2.24, 2.45) is 0 Å². The van der Waals surface area contributed by atoms with Gasteiger partial charge in [-0.25, -0.2) is 4.98 Å². The van der Waals surface area contributed by atoms with E-state index in [1.54, 1.807) is 18.3 Å². The zero-order valence-electron chi connectivity index (χ0n) is 9.50. The van der Waals surface area contributed by atoms with Crippen LogP contribution in [0.3, 0.4) is 0 Å². The maximum Gasteiger partial charge on any atom is 0.171 e. The van der Waals surface area contributed by atoms with Crippen LogP contribution in [0.1, 0.15) is 47.6 Å². The molecule has 2 nitrogen and oxygen atoms in total. The van der Waals surface area contributed by atoms with Gasteiger partial charge < -0.3 is 0 Å². The molecule has 0 spiro atoms. The van der Waals surface area contributed by atoms with Crippen LogP contribution in [0, 0.1) is 0 Å². The summed E-state index contributed by atoms with van der Waals surface area (Å²) < 4.78 is 0. The van der Waals surface area contributed by atoms with Gasteiger partial charge in [0.25, 0.3) is 0 Å². The average Bonchev–Trinajstić information content (AvgIpc) is 2.62. The Morgan fingerprint density at radius 3 is 2.67 bits per heavy atom. The molecule has 1 aromatic heterocycles. The van der Waals surface area contributed by atoms with Crippen LogP contribution in [0.5, 0.6) is 0 Å². The summed E-state index contributed by atoms with van der Waals surface area (Å²) in [4.78, 5) is 16.7. The fourth-order valence-electron chi connectivity index (χ4n) is 1.28. The fourth-order valence-corrected chi connectivity index (χ4v) is 3.28. The maximum absolute atomic E-state index is 11.3. The first-order valence-electron chi connectivity index (χ1n) is 5.26. The van der Waals surface area contributed by atoms with Gasteiger partial charge in [0, 0.05) is 12.7 Å². The van der Waals surface area contributed by atoms with Crippen molar-refractivity contribution in [3.63, 3.8) is 0 Å². The van der Waals surface area contributed by atoms with Gasteiger partial charge in [-0.2, -0.15) is 11.8 Å². The summed E-state index contributed by atoms with van der Waals surface area (Å²) in [5, 5.41) is 1.09. The van der Waals surface area contributed by atoms with Crippen LogP contribution >= 0.6 is 23.1 Å². The van der Waals surface area contributed by atoms with Crippen molar-refractivity contribution in [2.75, 3.05) is 5.75 Å². The number of ketones is 1. The zero-order chi connectivity index (χ0) is 11.3. The molecule has 0 aliphatic heterocycles. The molecule has 0 aromatic carbocycles. The van der Waals surface area contributed by atoms with E-state index in [9.17, 15) is 4.79 Å². The largest absolute Gasteiger partial charge is 0.294 e. The maximum atomic E-state index is 11.3. The number of thiazole rings is 1. The van der Waals surface area contributed by atoms with Crippen LogP contribution in [0.2, 0.25) is 0 Å². The summed E-state index contributed by atoms with van der Waals surface area (Å²) in [6.45, 7) is 5.84. The Balaban J connectivity index is 2.70. The Kier molecular flexibility index (Phi) is 5.32. The molecule has 0 saturated heterocycles. The van der Waals surface area contributed by atoms with Gasteiger partial charge in [-0.1, -0.05) is 13.8 Å². The molecule has 84 valence electrons. The monoisotopic (exact) mass is 243 g/mol. The van der Waals surface area contributed by atoms with Crippen LogP contribution in [-0.2, 0) is 12.2 Å². The number of Topliss-reactive ketones (excluding diaryl/α,β-unsaturated/α-hetero) is 1. The third-order valence-corrected chi connectivity index (χ3v) is 4.53. The molecule has 0 unspecified atom stereocenters. The van der Waals surface area contributed by atoms with Gasteiger partial charge in [0.1, 0.15) is 5.01 Å². The first-order chi connectivity index (χ1) is 7.19. The predicted molar refractivity (Wildman–Crippen MR) is 67.9 cm³/mol. The molecule has 0 radical (unpaired) electrons. The van der Waals surface area contributed by atoms with Crippen molar-refractivity contribution in [1.82, 2.24) is 4.98 Å². The summed E-state index contributed by atoms with van der Waals surface area (Å²) in [6.07, 6.45) is 2.04. The van der Waals surface area contributed by atoms with E-state index in [-0.39, 0.29) is 5.78 Å². The molecular formula is C11H17NOS2. The number of aromatic nitrogens is 1. The van der Waals surface area contributed by atoms with Crippen LogP contribution < -0.4 is 0 Å². The quantitative estimate of drug-likeness (QED) is 0.565. The third kappa shape index (κ3) is 3.61. The van der Waals surface area contributed by atoms with Gasteiger partial charge >= 0.3 is 0 Å². The second-order valence-corrected chi connectivity index (χ2v) is 5.53. The highest BCUT2D eigenvalue weighted by molar-refractivity contribution is 7.98. The molecule has 15 heavy (non-hydrogen) atoms. The molecule has 0 N–H and O–H groups in total. The van der Waals surface area contributed by atoms with Crippen LogP contribution in [0.4, 0.5) is 0 Å². The standard InChI is InChI=1S/C11H17NOS2/c1-4-6-14-7-10-12-9(5-2)11(15-10)8(3)13/h4-7H2,1-3H3. The first kappa shape index (κ1) is 12.7. The van der Waals surface area contributed by atoms with E-state index >= 15 is 0 Å². The Hall–Kier alpha value is -0.350. The summed E-state index contributed by atoms with van der Waals surface area (Å²) >= 11 is 3.45. The summed E-state index contributed by atoms with van der Waals surface area (Å²) in [5.74, 6) is 2.26. The van der Waals surface area contributed by atoms with Crippen molar-refractivity contribution < 1.29 is 4.79 Å². The Labute approximate surface area is 99.5 Å². The minimum absolute atomic E-state index is 0.149. The van der Waals surface area contributed by atoms with Crippen LogP contribution in [0.25, 0.3) is 0 Å². The van der Waals surface area contributed by atoms with Gasteiger partial charge in [-0.05, 0) is 18.6 Å². The van der Waals surface area contributed by atoms with Gasteiger partial charge in [-0.15, -0.1) is 11.3 Å². The summed E-state index contributed by atoms with van der Waals surface area (Å²) in [7, 11) is 0. The Morgan fingerprint density at radius 2 is 2.20 bits per heavy atom. The second-order valence-electron chi connectivity index (χ2n) is 3.35. The molecule has 0 aliphatic carbocycles. The Morgan fingerprint density at radius 1 is 1.47 bits per heavy atom. The topological polar surface area (TPSA) is 30.0 Å². The number of aryl methyl sites for hydroxylation is 1. The van der Waals surface area contributed by atoms with E-state index in [4.69, 9.17) is 0 Å². The van der Waals surface area contributed by atoms with Crippen molar-refractivity contribution in [2.45, 2.75) is 39.4 Å². The Bertz CT molecular complexity index is 333. The van der Waals surface area contributed by atoms with Crippen molar-refractivity contribution in [1.29, 1.82) is 0 Å². The molecule has 1 heterocycles. The number of thioether (sulfide) groups is 1. The fraction of sp³-hybridized carbons (Fsp3) is 0.636. The van der Waals surface area contributed by atoms with Crippen LogP contribution in [-0.4, -0.2) is 16.5 Å². The van der Waals surface area contributed by atoms with Crippen molar-refractivity contribution in [3.8, 4) is 0 Å². The molecular weight excluding hydrogens is 226 g/mol. The van der Waals surface area contributed by atoms with Gasteiger partial charge in [0.15, 0.2) is 5.78 Å². The molecule has 0 atom stereocenters. The SMILES string of the molecule is CCCSCc1nc(CC)c(C(C)=O)s1.